The van der Waals surface area contributed by atoms with Crippen LogP contribution in [-0.4, -0.2) is 25.0 Å². The summed E-state index contributed by atoms with van der Waals surface area (Å²) < 4.78 is 10.3. The lowest BCUT2D eigenvalue weighted by atomic mass is 9.95. The molecule has 1 aliphatic rings. The van der Waals surface area contributed by atoms with Crippen molar-refractivity contribution in [1.82, 2.24) is 0 Å². The molecule has 1 heterocycles. The smallest absolute Gasteiger partial charge is 0.341 e. The second-order valence-electron chi connectivity index (χ2n) is 4.18. The summed E-state index contributed by atoms with van der Waals surface area (Å²) in [6.45, 7) is 3.60. The van der Waals surface area contributed by atoms with Gasteiger partial charge in [-0.25, -0.2) is 4.79 Å². The highest BCUT2D eigenvalue weighted by Crippen LogP contribution is 2.33. The molecular formula is C13H14O4. The molecular weight excluding hydrogens is 220 g/mol. The van der Waals surface area contributed by atoms with E-state index in [9.17, 15) is 9.59 Å². The molecule has 0 fully saturated rings. The van der Waals surface area contributed by atoms with E-state index in [4.69, 9.17) is 9.47 Å². The Hall–Kier alpha value is -1.84. The Labute approximate surface area is 99.5 Å². The van der Waals surface area contributed by atoms with Crippen LogP contribution < -0.4 is 4.74 Å². The van der Waals surface area contributed by atoms with Crippen molar-refractivity contribution in [3.8, 4) is 5.75 Å². The number of carbonyl (C=O) groups excluding carboxylic acids is 2. The summed E-state index contributed by atoms with van der Waals surface area (Å²) in [5.74, 6) is -0.106. The summed E-state index contributed by atoms with van der Waals surface area (Å²) in [6.07, 6.45) is 0.136. The second kappa shape index (κ2) is 4.20. The first-order chi connectivity index (χ1) is 8.04. The van der Waals surface area contributed by atoms with Crippen molar-refractivity contribution in [1.29, 1.82) is 0 Å². The molecule has 0 aromatic heterocycles. The first-order valence-electron chi connectivity index (χ1n) is 5.46. The third-order valence-corrected chi connectivity index (χ3v) is 2.85. The monoisotopic (exact) mass is 234 g/mol. The van der Waals surface area contributed by atoms with Crippen LogP contribution in [0.3, 0.4) is 0 Å². The molecule has 0 N–H and O–H groups in total. The molecule has 0 amide bonds. The van der Waals surface area contributed by atoms with E-state index in [-0.39, 0.29) is 11.9 Å². The number of hydrogen-bond acceptors (Lipinski definition) is 4. The Balaban J connectivity index is 2.63. The van der Waals surface area contributed by atoms with E-state index in [2.05, 4.69) is 0 Å². The Morgan fingerprint density at radius 2 is 2.18 bits per heavy atom. The SMILES string of the molecule is COC(=O)c1c(C)ccc2c1OC(C)CC2=O. The first-order valence-corrected chi connectivity index (χ1v) is 5.46. The molecule has 90 valence electrons. The zero-order valence-electron chi connectivity index (χ0n) is 10.1. The fourth-order valence-corrected chi connectivity index (χ4v) is 1.99. The lowest BCUT2D eigenvalue weighted by Crippen LogP contribution is -2.26. The summed E-state index contributed by atoms with van der Waals surface area (Å²) in [5.41, 5.74) is 1.57. The van der Waals surface area contributed by atoms with Gasteiger partial charge in [0.25, 0.3) is 0 Å². The quantitative estimate of drug-likeness (QED) is 0.698. The van der Waals surface area contributed by atoms with Gasteiger partial charge in [0.05, 0.1) is 12.7 Å². The van der Waals surface area contributed by atoms with Crippen LogP contribution in [0.1, 0.15) is 39.6 Å². The number of carbonyl (C=O) groups is 2. The summed E-state index contributed by atoms with van der Waals surface area (Å²) in [4.78, 5) is 23.5. The van der Waals surface area contributed by atoms with Gasteiger partial charge in [0.15, 0.2) is 5.78 Å². The first kappa shape index (κ1) is 11.6. The van der Waals surface area contributed by atoms with Gasteiger partial charge in [-0.1, -0.05) is 6.07 Å². The minimum atomic E-state index is -0.471. The van der Waals surface area contributed by atoms with Crippen molar-refractivity contribution in [2.45, 2.75) is 26.4 Å². The number of aryl methyl sites for hydroxylation is 1. The van der Waals surface area contributed by atoms with Crippen LogP contribution in [-0.2, 0) is 4.74 Å². The summed E-state index contributed by atoms with van der Waals surface area (Å²) in [6, 6.07) is 3.44. The van der Waals surface area contributed by atoms with Crippen LogP contribution in [0.2, 0.25) is 0 Å². The molecule has 0 spiro atoms. The van der Waals surface area contributed by atoms with Crippen molar-refractivity contribution in [2.24, 2.45) is 0 Å². The summed E-state index contributed by atoms with van der Waals surface area (Å²) in [5, 5.41) is 0. The predicted molar refractivity (Wildman–Crippen MR) is 61.6 cm³/mol. The number of hydrogen-bond donors (Lipinski definition) is 0. The highest BCUT2D eigenvalue weighted by Gasteiger charge is 2.29. The van der Waals surface area contributed by atoms with E-state index < -0.39 is 5.97 Å². The third kappa shape index (κ3) is 1.90. The average molecular weight is 234 g/mol. The number of Topliss-reactive ketones (excluding diaryl/α,β-unsaturated/α-hetero) is 1. The largest absolute Gasteiger partial charge is 0.489 e. The van der Waals surface area contributed by atoms with Crippen molar-refractivity contribution >= 4 is 11.8 Å². The van der Waals surface area contributed by atoms with Crippen LogP contribution in [0.25, 0.3) is 0 Å². The van der Waals surface area contributed by atoms with E-state index in [1.165, 1.54) is 7.11 Å². The second-order valence-corrected chi connectivity index (χ2v) is 4.18. The van der Waals surface area contributed by atoms with Gasteiger partial charge in [-0.15, -0.1) is 0 Å². The Bertz CT molecular complexity index is 490. The van der Waals surface area contributed by atoms with Gasteiger partial charge in [0.1, 0.15) is 17.4 Å². The van der Waals surface area contributed by atoms with E-state index >= 15 is 0 Å². The molecule has 4 nitrogen and oxygen atoms in total. The number of ketones is 1. The van der Waals surface area contributed by atoms with E-state index in [1.807, 2.05) is 6.92 Å². The Morgan fingerprint density at radius 3 is 2.82 bits per heavy atom. The molecule has 0 radical (unpaired) electrons. The maximum atomic E-state index is 11.8. The van der Waals surface area contributed by atoms with Gasteiger partial charge in [-0.2, -0.15) is 0 Å². The average Bonchev–Trinajstić information content (AvgIpc) is 2.27. The van der Waals surface area contributed by atoms with Crippen LogP contribution in [0.5, 0.6) is 5.75 Å². The van der Waals surface area contributed by atoms with Gasteiger partial charge < -0.3 is 9.47 Å². The number of esters is 1. The van der Waals surface area contributed by atoms with Gasteiger partial charge in [0, 0.05) is 6.42 Å². The minimum Gasteiger partial charge on any atom is -0.489 e. The van der Waals surface area contributed by atoms with Crippen molar-refractivity contribution < 1.29 is 19.1 Å². The van der Waals surface area contributed by atoms with Gasteiger partial charge in [-0.3, -0.25) is 4.79 Å². The molecule has 1 aliphatic heterocycles. The van der Waals surface area contributed by atoms with Gasteiger partial charge >= 0.3 is 5.97 Å². The lowest BCUT2D eigenvalue weighted by molar-refractivity contribution is 0.0590. The molecule has 0 saturated heterocycles. The van der Waals surface area contributed by atoms with Crippen LogP contribution in [0.15, 0.2) is 12.1 Å². The van der Waals surface area contributed by atoms with Crippen LogP contribution in [0.4, 0.5) is 0 Å². The fourth-order valence-electron chi connectivity index (χ4n) is 1.99. The van der Waals surface area contributed by atoms with Gasteiger partial charge in [-0.05, 0) is 25.5 Å². The summed E-state index contributed by atoms with van der Waals surface area (Å²) in [7, 11) is 1.31. The summed E-state index contributed by atoms with van der Waals surface area (Å²) >= 11 is 0. The normalized spacial score (nSPS) is 18.3. The van der Waals surface area contributed by atoms with E-state index in [1.54, 1.807) is 19.1 Å². The lowest BCUT2D eigenvalue weighted by Gasteiger charge is -2.24. The standard InChI is InChI=1S/C13H14O4/c1-7-4-5-9-10(14)6-8(2)17-12(9)11(7)13(15)16-3/h4-5,8H,6H2,1-3H3. The molecule has 1 aromatic carbocycles. The molecule has 0 aliphatic carbocycles. The number of rotatable bonds is 1. The number of methoxy groups -OCH3 is 1. The highest BCUT2D eigenvalue weighted by molar-refractivity contribution is 6.05. The molecule has 4 heteroatoms. The minimum absolute atomic E-state index is 0.00361. The zero-order valence-corrected chi connectivity index (χ0v) is 10.1. The van der Waals surface area contributed by atoms with Crippen molar-refractivity contribution in [3.05, 3.63) is 28.8 Å². The maximum absolute atomic E-state index is 11.8. The van der Waals surface area contributed by atoms with Crippen LogP contribution >= 0.6 is 0 Å². The topological polar surface area (TPSA) is 52.6 Å². The molecule has 17 heavy (non-hydrogen) atoms. The third-order valence-electron chi connectivity index (χ3n) is 2.85. The Morgan fingerprint density at radius 1 is 1.47 bits per heavy atom. The van der Waals surface area contributed by atoms with Gasteiger partial charge in [0.2, 0.25) is 0 Å². The number of ether oxygens (including phenoxy) is 2. The molecule has 2 rings (SSSR count). The van der Waals surface area contributed by atoms with E-state index in [0.29, 0.717) is 23.3 Å². The fraction of sp³-hybridized carbons (Fsp3) is 0.385. The van der Waals surface area contributed by atoms with Crippen LogP contribution in [0, 0.1) is 6.92 Å². The van der Waals surface area contributed by atoms with Crippen molar-refractivity contribution in [2.75, 3.05) is 7.11 Å². The predicted octanol–water partition coefficient (Wildman–Crippen LogP) is 2.14. The molecule has 1 unspecified atom stereocenters. The zero-order chi connectivity index (χ0) is 12.6. The number of benzene rings is 1. The van der Waals surface area contributed by atoms with E-state index in [0.717, 1.165) is 5.56 Å². The molecule has 0 bridgehead atoms. The Kier molecular flexibility index (Phi) is 2.88. The molecule has 1 atom stereocenters. The number of fused-ring (bicyclic) bond motifs is 1. The highest BCUT2D eigenvalue weighted by atomic mass is 16.5. The molecule has 1 aromatic rings. The maximum Gasteiger partial charge on any atom is 0.341 e. The molecule has 0 saturated carbocycles. The van der Waals surface area contributed by atoms with Crippen molar-refractivity contribution in [3.63, 3.8) is 0 Å².